The van der Waals surface area contributed by atoms with E-state index >= 15 is 0 Å². The normalized spacial score (nSPS) is 12.0. The van der Waals surface area contributed by atoms with Crippen LogP contribution in [0, 0.1) is 6.92 Å². The van der Waals surface area contributed by atoms with Crippen molar-refractivity contribution in [1.29, 1.82) is 0 Å². The summed E-state index contributed by atoms with van der Waals surface area (Å²) in [4.78, 5) is 10.9. The Balaban J connectivity index is 2.35. The fourth-order valence-corrected chi connectivity index (χ4v) is 1.81. The number of aryl methyl sites for hydroxylation is 1. The maximum absolute atomic E-state index is 10.9. The Morgan fingerprint density at radius 1 is 1.56 bits per heavy atom. The number of anilines is 1. The second-order valence-corrected chi connectivity index (χ2v) is 4.97. The molecular formula is C13H18BrNO3. The Labute approximate surface area is 115 Å². The smallest absolute Gasteiger partial charge is 0.305 e. The predicted octanol–water partition coefficient (Wildman–Crippen LogP) is 2.48. The molecule has 5 heteroatoms. The number of hydrogen-bond acceptors (Lipinski definition) is 4. The van der Waals surface area contributed by atoms with Gasteiger partial charge in [0.15, 0.2) is 0 Å². The molecule has 4 nitrogen and oxygen atoms in total. The number of rotatable bonds is 6. The first-order chi connectivity index (χ1) is 8.52. The molecule has 1 rings (SSSR count). The molecule has 100 valence electrons. The number of methoxy groups -OCH3 is 1. The number of benzene rings is 1. The summed E-state index contributed by atoms with van der Waals surface area (Å²) >= 11 is 3.45. The van der Waals surface area contributed by atoms with E-state index in [4.69, 9.17) is 0 Å². The molecular weight excluding hydrogens is 298 g/mol. The van der Waals surface area contributed by atoms with Crippen molar-refractivity contribution in [1.82, 2.24) is 0 Å². The molecule has 18 heavy (non-hydrogen) atoms. The van der Waals surface area contributed by atoms with Gasteiger partial charge in [0, 0.05) is 23.1 Å². The SMILES string of the molecule is COC(=O)CCC(O)CNc1ccc(C)c(Br)c1. The molecule has 0 saturated heterocycles. The summed E-state index contributed by atoms with van der Waals surface area (Å²) in [6.07, 6.45) is 0.0630. The minimum absolute atomic E-state index is 0.233. The molecule has 0 spiro atoms. The lowest BCUT2D eigenvalue weighted by Gasteiger charge is -2.13. The Morgan fingerprint density at radius 3 is 2.89 bits per heavy atom. The van der Waals surface area contributed by atoms with Gasteiger partial charge >= 0.3 is 5.97 Å². The number of halogens is 1. The number of carbonyl (C=O) groups is 1. The zero-order valence-corrected chi connectivity index (χ0v) is 12.2. The van der Waals surface area contributed by atoms with Crippen LogP contribution in [0.1, 0.15) is 18.4 Å². The Kier molecular flexibility index (Phi) is 6.15. The van der Waals surface area contributed by atoms with Gasteiger partial charge in [0.2, 0.25) is 0 Å². The highest BCUT2D eigenvalue weighted by Gasteiger charge is 2.08. The van der Waals surface area contributed by atoms with Gasteiger partial charge in [0.1, 0.15) is 0 Å². The van der Waals surface area contributed by atoms with Crippen molar-refractivity contribution >= 4 is 27.6 Å². The Hall–Kier alpha value is -1.07. The molecule has 0 aliphatic rings. The summed E-state index contributed by atoms with van der Waals surface area (Å²) in [6, 6.07) is 5.91. The lowest BCUT2D eigenvalue weighted by atomic mass is 10.2. The summed E-state index contributed by atoms with van der Waals surface area (Å²) in [5.74, 6) is -0.299. The number of aliphatic hydroxyl groups is 1. The van der Waals surface area contributed by atoms with Crippen LogP contribution in [0.25, 0.3) is 0 Å². The maximum Gasteiger partial charge on any atom is 0.305 e. The summed E-state index contributed by atoms with van der Waals surface area (Å²) in [6.45, 7) is 2.42. The largest absolute Gasteiger partial charge is 0.469 e. The van der Waals surface area contributed by atoms with E-state index in [0.717, 1.165) is 15.7 Å². The second-order valence-electron chi connectivity index (χ2n) is 4.11. The third-order valence-corrected chi connectivity index (χ3v) is 3.48. The van der Waals surface area contributed by atoms with E-state index in [2.05, 4.69) is 26.0 Å². The van der Waals surface area contributed by atoms with Gasteiger partial charge in [-0.15, -0.1) is 0 Å². The van der Waals surface area contributed by atoms with Gasteiger partial charge in [-0.3, -0.25) is 4.79 Å². The Bertz CT molecular complexity index is 409. The molecule has 0 bridgehead atoms. The highest BCUT2D eigenvalue weighted by molar-refractivity contribution is 9.10. The highest BCUT2D eigenvalue weighted by Crippen LogP contribution is 2.20. The Morgan fingerprint density at radius 2 is 2.28 bits per heavy atom. The van der Waals surface area contributed by atoms with Crippen molar-refractivity contribution < 1.29 is 14.6 Å². The van der Waals surface area contributed by atoms with Crippen molar-refractivity contribution in [2.75, 3.05) is 19.0 Å². The molecule has 0 fully saturated rings. The van der Waals surface area contributed by atoms with Crippen LogP contribution in [0.5, 0.6) is 0 Å². The number of esters is 1. The molecule has 0 aromatic heterocycles. The van der Waals surface area contributed by atoms with Gasteiger partial charge in [0.05, 0.1) is 13.2 Å². The minimum Gasteiger partial charge on any atom is -0.469 e. The van der Waals surface area contributed by atoms with E-state index in [1.807, 2.05) is 25.1 Å². The average molecular weight is 316 g/mol. The molecule has 1 aromatic carbocycles. The summed E-state index contributed by atoms with van der Waals surface area (Å²) < 4.78 is 5.54. The van der Waals surface area contributed by atoms with E-state index in [1.165, 1.54) is 7.11 Å². The second kappa shape index (κ2) is 7.38. The average Bonchev–Trinajstić information content (AvgIpc) is 2.37. The van der Waals surface area contributed by atoms with Crippen LogP contribution < -0.4 is 5.32 Å². The van der Waals surface area contributed by atoms with Gasteiger partial charge in [0.25, 0.3) is 0 Å². The van der Waals surface area contributed by atoms with Crippen molar-refractivity contribution in [2.24, 2.45) is 0 Å². The van der Waals surface area contributed by atoms with Gasteiger partial charge in [-0.2, -0.15) is 0 Å². The molecule has 1 aromatic rings. The van der Waals surface area contributed by atoms with Crippen LogP contribution in [-0.2, 0) is 9.53 Å². The monoisotopic (exact) mass is 315 g/mol. The number of aliphatic hydroxyl groups excluding tert-OH is 1. The third-order valence-electron chi connectivity index (χ3n) is 2.62. The number of carbonyl (C=O) groups excluding carboxylic acids is 1. The fourth-order valence-electron chi connectivity index (χ4n) is 1.43. The lowest BCUT2D eigenvalue weighted by molar-refractivity contribution is -0.141. The lowest BCUT2D eigenvalue weighted by Crippen LogP contribution is -2.20. The van der Waals surface area contributed by atoms with Crippen molar-refractivity contribution in [3.05, 3.63) is 28.2 Å². The molecule has 0 aliphatic heterocycles. The van der Waals surface area contributed by atoms with Gasteiger partial charge in [-0.25, -0.2) is 0 Å². The summed E-state index contributed by atoms with van der Waals surface area (Å²) in [5, 5.41) is 12.8. The predicted molar refractivity (Wildman–Crippen MR) is 74.6 cm³/mol. The third kappa shape index (κ3) is 5.06. The van der Waals surface area contributed by atoms with Crippen LogP contribution in [0.15, 0.2) is 22.7 Å². The number of nitrogens with one attached hydrogen (secondary N) is 1. The van der Waals surface area contributed by atoms with E-state index in [-0.39, 0.29) is 12.4 Å². The number of hydrogen-bond donors (Lipinski definition) is 2. The van der Waals surface area contributed by atoms with Crippen molar-refractivity contribution in [3.63, 3.8) is 0 Å². The molecule has 1 unspecified atom stereocenters. The molecule has 0 aliphatic carbocycles. The molecule has 0 radical (unpaired) electrons. The van der Waals surface area contributed by atoms with E-state index in [0.29, 0.717) is 13.0 Å². The molecule has 1 atom stereocenters. The van der Waals surface area contributed by atoms with Crippen molar-refractivity contribution in [3.8, 4) is 0 Å². The maximum atomic E-state index is 10.9. The number of ether oxygens (including phenoxy) is 1. The quantitative estimate of drug-likeness (QED) is 0.792. The first kappa shape index (κ1) is 15.0. The summed E-state index contributed by atoms with van der Waals surface area (Å²) in [7, 11) is 1.34. The van der Waals surface area contributed by atoms with E-state index in [9.17, 15) is 9.90 Å². The minimum atomic E-state index is -0.566. The fraction of sp³-hybridized carbons (Fsp3) is 0.462. The van der Waals surface area contributed by atoms with Gasteiger partial charge in [-0.1, -0.05) is 22.0 Å². The molecule has 0 heterocycles. The van der Waals surface area contributed by atoms with Crippen LogP contribution in [0.4, 0.5) is 5.69 Å². The van der Waals surface area contributed by atoms with Crippen LogP contribution in [-0.4, -0.2) is 30.8 Å². The first-order valence-corrected chi connectivity index (χ1v) is 6.57. The topological polar surface area (TPSA) is 58.6 Å². The van der Waals surface area contributed by atoms with Crippen LogP contribution in [0.2, 0.25) is 0 Å². The molecule has 2 N–H and O–H groups in total. The van der Waals surface area contributed by atoms with Gasteiger partial charge in [-0.05, 0) is 31.0 Å². The van der Waals surface area contributed by atoms with Crippen molar-refractivity contribution in [2.45, 2.75) is 25.9 Å². The zero-order chi connectivity index (χ0) is 13.5. The summed E-state index contributed by atoms with van der Waals surface area (Å²) in [5.41, 5.74) is 2.09. The van der Waals surface area contributed by atoms with Crippen LogP contribution in [0.3, 0.4) is 0 Å². The highest BCUT2D eigenvalue weighted by atomic mass is 79.9. The van der Waals surface area contributed by atoms with Gasteiger partial charge < -0.3 is 15.2 Å². The zero-order valence-electron chi connectivity index (χ0n) is 10.6. The standard InChI is InChI=1S/C13H18BrNO3/c1-9-3-4-10(7-12(9)14)15-8-11(16)5-6-13(17)18-2/h3-4,7,11,15-16H,5-6,8H2,1-2H3. The van der Waals surface area contributed by atoms with E-state index < -0.39 is 6.10 Å². The van der Waals surface area contributed by atoms with Crippen LogP contribution >= 0.6 is 15.9 Å². The molecule has 0 saturated carbocycles. The first-order valence-electron chi connectivity index (χ1n) is 5.78. The molecule has 0 amide bonds. The van der Waals surface area contributed by atoms with E-state index in [1.54, 1.807) is 0 Å².